The number of aromatic nitrogens is 1. The van der Waals surface area contributed by atoms with Gasteiger partial charge in [-0.05, 0) is 36.2 Å². The number of hydrogen-bond acceptors (Lipinski definition) is 4. The van der Waals surface area contributed by atoms with Gasteiger partial charge in [-0.3, -0.25) is 4.79 Å². The van der Waals surface area contributed by atoms with Crippen molar-refractivity contribution in [3.8, 4) is 5.75 Å². The molecule has 2 aromatic rings. The summed E-state index contributed by atoms with van der Waals surface area (Å²) in [6.45, 7) is 4.00. The highest BCUT2D eigenvalue weighted by Crippen LogP contribution is 2.28. The largest absolute Gasteiger partial charge is 0.495 e. The van der Waals surface area contributed by atoms with E-state index in [4.69, 9.17) is 16.3 Å². The van der Waals surface area contributed by atoms with Gasteiger partial charge in [0.2, 0.25) is 5.91 Å². The number of nitrogens with zero attached hydrogens (tertiary/aromatic N) is 1. The Morgan fingerprint density at radius 1 is 1.26 bits per heavy atom. The molecule has 0 saturated carbocycles. The van der Waals surface area contributed by atoms with Gasteiger partial charge in [-0.15, -0.1) is 0 Å². The Bertz CT molecular complexity index is 672. The number of methoxy groups -OCH3 is 1. The maximum Gasteiger partial charge on any atom is 0.225 e. The summed E-state index contributed by atoms with van der Waals surface area (Å²) in [5, 5.41) is 6.50. The van der Waals surface area contributed by atoms with Crippen LogP contribution < -0.4 is 15.4 Å². The molecule has 2 rings (SSSR count). The molecule has 122 valence electrons. The average Bonchev–Trinajstić information content (AvgIpc) is 2.48. The minimum absolute atomic E-state index is 0.0323. The Hall–Kier alpha value is -2.27. The van der Waals surface area contributed by atoms with Crippen molar-refractivity contribution >= 4 is 34.7 Å². The molecule has 0 aliphatic heterocycles. The summed E-state index contributed by atoms with van der Waals surface area (Å²) in [6, 6.07) is 9.03. The summed E-state index contributed by atoms with van der Waals surface area (Å²) in [6.07, 6.45) is 2.13. The van der Waals surface area contributed by atoms with Crippen molar-refractivity contribution in [3.05, 3.63) is 41.6 Å². The van der Waals surface area contributed by atoms with Crippen LogP contribution in [-0.2, 0) is 4.79 Å². The highest BCUT2D eigenvalue weighted by molar-refractivity contribution is 6.32. The molecule has 0 fully saturated rings. The number of carbonyl (C=O) groups excluding carboxylic acids is 1. The molecule has 5 nitrogen and oxygen atoms in total. The summed E-state index contributed by atoms with van der Waals surface area (Å²) >= 11 is 6.09. The number of nitrogens with one attached hydrogen (secondary N) is 2. The van der Waals surface area contributed by atoms with Crippen LogP contribution in [0.15, 0.2) is 36.5 Å². The van der Waals surface area contributed by atoms with Crippen LogP contribution in [0, 0.1) is 5.92 Å². The number of carbonyl (C=O) groups is 1. The smallest absolute Gasteiger partial charge is 0.225 e. The van der Waals surface area contributed by atoms with Crippen molar-refractivity contribution in [2.45, 2.75) is 20.3 Å². The quantitative estimate of drug-likeness (QED) is 0.818. The normalized spacial score (nSPS) is 10.5. The molecular weight excluding hydrogens is 314 g/mol. The Kier molecular flexibility index (Phi) is 5.82. The first-order valence-electron chi connectivity index (χ1n) is 7.34. The van der Waals surface area contributed by atoms with Crippen LogP contribution in [0.1, 0.15) is 20.3 Å². The van der Waals surface area contributed by atoms with Crippen LogP contribution in [0.3, 0.4) is 0 Å². The predicted molar refractivity (Wildman–Crippen MR) is 93.6 cm³/mol. The van der Waals surface area contributed by atoms with E-state index in [-0.39, 0.29) is 5.91 Å². The number of amides is 1. The molecule has 1 aromatic carbocycles. The molecule has 0 aliphatic rings. The van der Waals surface area contributed by atoms with Gasteiger partial charge in [0.05, 0.1) is 24.0 Å². The number of pyridine rings is 1. The minimum Gasteiger partial charge on any atom is -0.495 e. The third-order valence-corrected chi connectivity index (χ3v) is 3.36. The van der Waals surface area contributed by atoms with E-state index in [1.54, 1.807) is 31.5 Å². The maximum atomic E-state index is 11.7. The van der Waals surface area contributed by atoms with Gasteiger partial charge in [0, 0.05) is 12.1 Å². The number of hydrogen-bond donors (Lipinski definition) is 2. The standard InChI is InChI=1S/C17H20ClN3O2/c1-11(2)8-17(22)21-16-7-5-13(10-19-16)20-12-4-6-15(23-3)14(18)9-12/h4-7,9-11,20H,8H2,1-3H3,(H,19,21,22). The van der Waals surface area contributed by atoms with Crippen molar-refractivity contribution < 1.29 is 9.53 Å². The lowest BCUT2D eigenvalue weighted by molar-refractivity contribution is -0.116. The van der Waals surface area contributed by atoms with E-state index in [0.29, 0.717) is 28.9 Å². The van der Waals surface area contributed by atoms with Crippen LogP contribution in [0.5, 0.6) is 5.75 Å². The molecule has 0 aliphatic carbocycles. The van der Waals surface area contributed by atoms with Crippen LogP contribution in [0.2, 0.25) is 5.02 Å². The number of halogens is 1. The second kappa shape index (κ2) is 7.83. The van der Waals surface area contributed by atoms with E-state index in [1.807, 2.05) is 26.0 Å². The zero-order chi connectivity index (χ0) is 16.8. The average molecular weight is 334 g/mol. The van der Waals surface area contributed by atoms with Gasteiger partial charge in [0.15, 0.2) is 0 Å². The lowest BCUT2D eigenvalue weighted by Crippen LogP contribution is -2.14. The van der Waals surface area contributed by atoms with Gasteiger partial charge in [-0.1, -0.05) is 25.4 Å². The summed E-state index contributed by atoms with van der Waals surface area (Å²) in [5.41, 5.74) is 1.63. The molecule has 0 atom stereocenters. The molecule has 0 saturated heterocycles. The third kappa shape index (κ3) is 5.14. The fraction of sp³-hybridized carbons (Fsp3) is 0.294. The summed E-state index contributed by atoms with van der Waals surface area (Å²) in [7, 11) is 1.57. The Morgan fingerprint density at radius 3 is 2.57 bits per heavy atom. The molecule has 1 heterocycles. The van der Waals surface area contributed by atoms with Gasteiger partial charge in [0.25, 0.3) is 0 Å². The Morgan fingerprint density at radius 2 is 2.00 bits per heavy atom. The van der Waals surface area contributed by atoms with E-state index >= 15 is 0 Å². The van der Waals surface area contributed by atoms with Crippen LogP contribution in [0.4, 0.5) is 17.2 Å². The summed E-state index contributed by atoms with van der Waals surface area (Å²) < 4.78 is 5.12. The maximum absolute atomic E-state index is 11.7. The van der Waals surface area contributed by atoms with Gasteiger partial charge in [-0.2, -0.15) is 0 Å². The van der Waals surface area contributed by atoms with E-state index in [9.17, 15) is 4.79 Å². The van der Waals surface area contributed by atoms with E-state index in [0.717, 1.165) is 11.4 Å². The summed E-state index contributed by atoms with van der Waals surface area (Å²) in [5.74, 6) is 1.44. The van der Waals surface area contributed by atoms with Crippen molar-refractivity contribution in [2.24, 2.45) is 5.92 Å². The Balaban J connectivity index is 2.00. The van der Waals surface area contributed by atoms with Crippen LogP contribution >= 0.6 is 11.6 Å². The Labute approximate surface area is 141 Å². The number of benzene rings is 1. The predicted octanol–water partition coefficient (Wildman–Crippen LogP) is 4.47. The molecule has 6 heteroatoms. The minimum atomic E-state index is -0.0323. The summed E-state index contributed by atoms with van der Waals surface area (Å²) in [4.78, 5) is 15.9. The molecule has 0 spiro atoms. The molecule has 2 N–H and O–H groups in total. The van der Waals surface area contributed by atoms with Crippen LogP contribution in [-0.4, -0.2) is 18.0 Å². The fourth-order valence-corrected chi connectivity index (χ4v) is 2.27. The molecule has 0 bridgehead atoms. The first kappa shape index (κ1) is 17.1. The SMILES string of the molecule is COc1ccc(Nc2ccc(NC(=O)CC(C)C)nc2)cc1Cl. The first-order valence-corrected chi connectivity index (χ1v) is 7.72. The topological polar surface area (TPSA) is 63.2 Å². The first-order chi connectivity index (χ1) is 11.0. The van der Waals surface area contributed by atoms with Gasteiger partial charge >= 0.3 is 0 Å². The van der Waals surface area contributed by atoms with Gasteiger partial charge in [0.1, 0.15) is 11.6 Å². The van der Waals surface area contributed by atoms with E-state index in [2.05, 4.69) is 15.6 Å². The number of rotatable bonds is 6. The lowest BCUT2D eigenvalue weighted by Gasteiger charge is -2.10. The fourth-order valence-electron chi connectivity index (χ4n) is 2.02. The second-order valence-corrected chi connectivity index (χ2v) is 5.96. The molecule has 0 unspecified atom stereocenters. The number of anilines is 3. The van der Waals surface area contributed by atoms with Gasteiger partial charge in [-0.25, -0.2) is 4.98 Å². The molecule has 0 radical (unpaired) electrons. The van der Waals surface area contributed by atoms with Crippen molar-refractivity contribution in [2.75, 3.05) is 17.7 Å². The zero-order valence-corrected chi connectivity index (χ0v) is 14.1. The highest BCUT2D eigenvalue weighted by atomic mass is 35.5. The monoisotopic (exact) mass is 333 g/mol. The lowest BCUT2D eigenvalue weighted by atomic mass is 10.1. The van der Waals surface area contributed by atoms with E-state index < -0.39 is 0 Å². The van der Waals surface area contributed by atoms with Crippen LogP contribution in [0.25, 0.3) is 0 Å². The van der Waals surface area contributed by atoms with Crippen molar-refractivity contribution in [1.82, 2.24) is 4.98 Å². The molecule has 1 amide bonds. The van der Waals surface area contributed by atoms with Crippen molar-refractivity contribution in [3.63, 3.8) is 0 Å². The zero-order valence-electron chi connectivity index (χ0n) is 13.4. The second-order valence-electron chi connectivity index (χ2n) is 5.55. The van der Waals surface area contributed by atoms with E-state index in [1.165, 1.54) is 0 Å². The molecule has 23 heavy (non-hydrogen) atoms. The molecular formula is C17H20ClN3O2. The third-order valence-electron chi connectivity index (χ3n) is 3.07. The number of ether oxygens (including phenoxy) is 1. The van der Waals surface area contributed by atoms with Gasteiger partial charge < -0.3 is 15.4 Å². The molecule has 1 aromatic heterocycles. The van der Waals surface area contributed by atoms with Crippen molar-refractivity contribution in [1.29, 1.82) is 0 Å². The highest BCUT2D eigenvalue weighted by Gasteiger charge is 2.06.